The largest absolute Gasteiger partial charge is 0.329 e. The Morgan fingerprint density at radius 3 is 2.33 bits per heavy atom. The van der Waals surface area contributed by atoms with Gasteiger partial charge in [-0.2, -0.15) is 0 Å². The number of likely N-dealkylation sites (tertiary alicyclic amines) is 1. The summed E-state index contributed by atoms with van der Waals surface area (Å²) in [5.41, 5.74) is 5.44. The monoisotopic (exact) mass is 170 g/mol. The fourth-order valence-electron chi connectivity index (χ4n) is 1.75. The highest BCUT2D eigenvalue weighted by molar-refractivity contribution is 5.82. The Kier molecular flexibility index (Phi) is 2.85. The van der Waals surface area contributed by atoms with Crippen LogP contribution in [0.25, 0.3) is 0 Å². The van der Waals surface area contributed by atoms with Crippen LogP contribution in [-0.4, -0.2) is 37.4 Å². The van der Waals surface area contributed by atoms with Crippen LogP contribution in [0.2, 0.25) is 0 Å². The number of nitrogens with two attached hydrogens (primary N) is 1. The van der Waals surface area contributed by atoms with Crippen molar-refractivity contribution in [2.24, 2.45) is 11.1 Å². The van der Waals surface area contributed by atoms with Crippen molar-refractivity contribution in [2.45, 2.75) is 19.8 Å². The molecule has 1 heterocycles. The topological polar surface area (TPSA) is 46.3 Å². The van der Waals surface area contributed by atoms with Crippen molar-refractivity contribution >= 4 is 5.78 Å². The molecule has 0 aromatic heterocycles. The first kappa shape index (κ1) is 9.68. The molecule has 1 aliphatic heterocycles. The van der Waals surface area contributed by atoms with E-state index in [9.17, 15) is 4.79 Å². The predicted molar refractivity (Wildman–Crippen MR) is 48.9 cm³/mol. The molecule has 0 aliphatic carbocycles. The Bertz CT molecular complexity index is 171. The maximum atomic E-state index is 11.4. The van der Waals surface area contributed by atoms with Crippen LogP contribution in [0.3, 0.4) is 0 Å². The van der Waals surface area contributed by atoms with Crippen LogP contribution in [0.5, 0.6) is 0 Å². The smallest absolute Gasteiger partial charge is 0.137 e. The quantitative estimate of drug-likeness (QED) is 0.646. The SMILES string of the molecule is CC(=O)C1(CN)CCN(C)CC1. The molecule has 70 valence electrons. The number of ketones is 1. The normalized spacial score (nSPS) is 23.9. The number of hydrogen-bond acceptors (Lipinski definition) is 3. The molecule has 12 heavy (non-hydrogen) atoms. The van der Waals surface area contributed by atoms with Gasteiger partial charge in [-0.3, -0.25) is 4.79 Å². The van der Waals surface area contributed by atoms with E-state index >= 15 is 0 Å². The molecule has 3 heteroatoms. The summed E-state index contributed by atoms with van der Waals surface area (Å²) >= 11 is 0. The Morgan fingerprint density at radius 2 is 2.00 bits per heavy atom. The van der Waals surface area contributed by atoms with Crippen molar-refractivity contribution in [2.75, 3.05) is 26.7 Å². The van der Waals surface area contributed by atoms with Crippen molar-refractivity contribution in [3.05, 3.63) is 0 Å². The second-order valence-electron chi connectivity index (χ2n) is 3.84. The third-order valence-electron chi connectivity index (χ3n) is 3.08. The summed E-state index contributed by atoms with van der Waals surface area (Å²) in [4.78, 5) is 13.6. The first-order valence-corrected chi connectivity index (χ1v) is 4.50. The number of carbonyl (C=O) groups excluding carboxylic acids is 1. The van der Waals surface area contributed by atoms with E-state index in [4.69, 9.17) is 5.73 Å². The lowest BCUT2D eigenvalue weighted by Gasteiger charge is -2.37. The molecule has 1 saturated heterocycles. The zero-order valence-corrected chi connectivity index (χ0v) is 7.97. The van der Waals surface area contributed by atoms with Gasteiger partial charge < -0.3 is 10.6 Å². The maximum absolute atomic E-state index is 11.4. The summed E-state index contributed by atoms with van der Waals surface area (Å²) in [6.07, 6.45) is 1.85. The van der Waals surface area contributed by atoms with Crippen molar-refractivity contribution in [3.8, 4) is 0 Å². The molecule has 1 rings (SSSR count). The zero-order valence-electron chi connectivity index (χ0n) is 7.97. The van der Waals surface area contributed by atoms with Gasteiger partial charge in [-0.25, -0.2) is 0 Å². The average Bonchev–Trinajstić information content (AvgIpc) is 2.06. The molecule has 0 bridgehead atoms. The molecule has 0 spiro atoms. The summed E-state index contributed by atoms with van der Waals surface area (Å²) < 4.78 is 0. The van der Waals surface area contributed by atoms with E-state index in [1.807, 2.05) is 0 Å². The fraction of sp³-hybridized carbons (Fsp3) is 0.889. The van der Waals surface area contributed by atoms with Gasteiger partial charge >= 0.3 is 0 Å². The molecule has 0 radical (unpaired) electrons. The minimum atomic E-state index is -0.202. The summed E-state index contributed by atoms with van der Waals surface area (Å²) in [5.74, 6) is 0.262. The molecule has 0 aromatic carbocycles. The van der Waals surface area contributed by atoms with Crippen LogP contribution >= 0.6 is 0 Å². The number of piperidine rings is 1. The van der Waals surface area contributed by atoms with E-state index in [-0.39, 0.29) is 11.2 Å². The van der Waals surface area contributed by atoms with E-state index in [1.54, 1.807) is 6.92 Å². The Labute approximate surface area is 73.9 Å². The average molecular weight is 170 g/mol. The predicted octanol–water partition coefficient (Wildman–Crippen LogP) is 0.246. The first-order valence-electron chi connectivity index (χ1n) is 4.50. The van der Waals surface area contributed by atoms with Crippen molar-refractivity contribution in [1.29, 1.82) is 0 Å². The summed E-state index contributed by atoms with van der Waals surface area (Å²) in [5, 5.41) is 0. The van der Waals surface area contributed by atoms with Crippen LogP contribution in [0, 0.1) is 5.41 Å². The number of rotatable bonds is 2. The zero-order chi connectivity index (χ0) is 9.19. The van der Waals surface area contributed by atoms with E-state index in [2.05, 4.69) is 11.9 Å². The molecule has 1 aliphatic rings. The molecule has 0 aromatic rings. The Morgan fingerprint density at radius 1 is 1.50 bits per heavy atom. The van der Waals surface area contributed by atoms with Crippen LogP contribution < -0.4 is 5.73 Å². The van der Waals surface area contributed by atoms with Crippen LogP contribution in [0.1, 0.15) is 19.8 Å². The van der Waals surface area contributed by atoms with E-state index in [0.717, 1.165) is 25.9 Å². The standard InChI is InChI=1S/C9H18N2O/c1-8(12)9(7-10)3-5-11(2)6-4-9/h3-7,10H2,1-2H3. The van der Waals surface area contributed by atoms with Gasteiger partial charge in [-0.15, -0.1) is 0 Å². The highest BCUT2D eigenvalue weighted by Gasteiger charge is 2.36. The second-order valence-corrected chi connectivity index (χ2v) is 3.84. The van der Waals surface area contributed by atoms with E-state index in [1.165, 1.54) is 0 Å². The van der Waals surface area contributed by atoms with Gasteiger partial charge in [0.2, 0.25) is 0 Å². The minimum Gasteiger partial charge on any atom is -0.329 e. The lowest BCUT2D eigenvalue weighted by atomic mass is 9.75. The molecular formula is C9H18N2O. The minimum absolute atomic E-state index is 0.202. The molecule has 3 nitrogen and oxygen atoms in total. The van der Waals surface area contributed by atoms with Gasteiger partial charge in [0, 0.05) is 12.0 Å². The van der Waals surface area contributed by atoms with Gasteiger partial charge in [0.15, 0.2) is 0 Å². The highest BCUT2D eigenvalue weighted by Crippen LogP contribution is 2.30. The van der Waals surface area contributed by atoms with Crippen LogP contribution in [-0.2, 0) is 4.79 Å². The number of carbonyl (C=O) groups is 1. The summed E-state index contributed by atoms with van der Waals surface area (Å²) in [6, 6.07) is 0. The van der Waals surface area contributed by atoms with Gasteiger partial charge in [-0.1, -0.05) is 0 Å². The molecule has 2 N–H and O–H groups in total. The van der Waals surface area contributed by atoms with Gasteiger partial charge in [0.25, 0.3) is 0 Å². The first-order chi connectivity index (χ1) is 5.60. The lowest BCUT2D eigenvalue weighted by molar-refractivity contribution is -0.128. The van der Waals surface area contributed by atoms with Crippen molar-refractivity contribution < 1.29 is 4.79 Å². The van der Waals surface area contributed by atoms with E-state index in [0.29, 0.717) is 6.54 Å². The number of nitrogens with zero attached hydrogens (tertiary/aromatic N) is 1. The Balaban J connectivity index is 2.63. The van der Waals surface area contributed by atoms with E-state index < -0.39 is 0 Å². The molecule has 0 saturated carbocycles. The third-order valence-corrected chi connectivity index (χ3v) is 3.08. The number of hydrogen-bond donors (Lipinski definition) is 1. The van der Waals surface area contributed by atoms with Crippen LogP contribution in [0.15, 0.2) is 0 Å². The van der Waals surface area contributed by atoms with Crippen molar-refractivity contribution in [3.63, 3.8) is 0 Å². The summed E-state index contributed by atoms with van der Waals surface area (Å²) in [6.45, 7) is 4.17. The molecule has 0 atom stereocenters. The van der Waals surface area contributed by atoms with Crippen LogP contribution in [0.4, 0.5) is 0 Å². The fourth-order valence-corrected chi connectivity index (χ4v) is 1.75. The molecular weight excluding hydrogens is 152 g/mol. The Hall–Kier alpha value is -0.410. The molecule has 0 unspecified atom stereocenters. The maximum Gasteiger partial charge on any atom is 0.137 e. The van der Waals surface area contributed by atoms with Crippen molar-refractivity contribution in [1.82, 2.24) is 4.90 Å². The van der Waals surface area contributed by atoms with Gasteiger partial charge in [-0.05, 0) is 39.9 Å². The number of Topliss-reactive ketones (excluding diaryl/α,β-unsaturated/α-hetero) is 1. The third kappa shape index (κ3) is 1.67. The van der Waals surface area contributed by atoms with Gasteiger partial charge in [0.1, 0.15) is 5.78 Å². The van der Waals surface area contributed by atoms with Gasteiger partial charge in [0.05, 0.1) is 0 Å². The molecule has 1 fully saturated rings. The highest BCUT2D eigenvalue weighted by atomic mass is 16.1. The second kappa shape index (κ2) is 3.54. The lowest BCUT2D eigenvalue weighted by Crippen LogP contribution is -2.46. The summed E-state index contributed by atoms with van der Waals surface area (Å²) in [7, 11) is 2.08. The molecule has 0 amide bonds.